The average molecular weight is 182 g/mol. The molecule has 1 aliphatic carbocycles. The molecule has 1 N–H and O–H groups in total. The van der Waals surface area contributed by atoms with Crippen LogP contribution in [0.1, 0.15) is 31.0 Å². The molecule has 0 amide bonds. The second-order valence-electron chi connectivity index (χ2n) is 3.58. The Kier molecular flexibility index (Phi) is 2.59. The molecule has 0 saturated heterocycles. The van der Waals surface area contributed by atoms with Crippen LogP contribution in [0.3, 0.4) is 0 Å². The fourth-order valence-corrected chi connectivity index (χ4v) is 1.29. The number of aryl methyl sites for hydroxylation is 1. The Labute approximate surface area is 77.0 Å². The van der Waals surface area contributed by atoms with Crippen molar-refractivity contribution in [2.24, 2.45) is 5.92 Å². The van der Waals surface area contributed by atoms with Crippen LogP contribution in [-0.4, -0.2) is 21.9 Å². The molecule has 2 rings (SSSR count). The Morgan fingerprint density at radius 1 is 1.46 bits per heavy atom. The van der Waals surface area contributed by atoms with E-state index in [1.807, 2.05) is 0 Å². The number of hydrogen-bond acceptors (Lipinski definition) is 4. The standard InChI is InChI=1S/C9H14N2O2/c12-5-1-2-9-10-8(11-13-9)6-7-3-4-7/h7,12H,1-6H2. The number of rotatable bonds is 5. The summed E-state index contributed by atoms with van der Waals surface area (Å²) in [5.74, 6) is 2.28. The van der Waals surface area contributed by atoms with Gasteiger partial charge in [0.05, 0.1) is 0 Å². The third kappa shape index (κ3) is 2.52. The van der Waals surface area contributed by atoms with Crippen molar-refractivity contribution >= 4 is 0 Å². The van der Waals surface area contributed by atoms with Crippen molar-refractivity contribution in [3.8, 4) is 0 Å². The van der Waals surface area contributed by atoms with Gasteiger partial charge in [0.15, 0.2) is 5.82 Å². The minimum absolute atomic E-state index is 0.181. The van der Waals surface area contributed by atoms with E-state index in [9.17, 15) is 0 Å². The van der Waals surface area contributed by atoms with Gasteiger partial charge in [0.25, 0.3) is 0 Å². The smallest absolute Gasteiger partial charge is 0.226 e. The molecule has 1 aliphatic rings. The summed E-state index contributed by atoms with van der Waals surface area (Å²) in [6.45, 7) is 0.181. The summed E-state index contributed by atoms with van der Waals surface area (Å²) in [5, 5.41) is 12.5. The van der Waals surface area contributed by atoms with Crippen LogP contribution in [0.15, 0.2) is 4.52 Å². The molecule has 1 aromatic rings. The van der Waals surface area contributed by atoms with Gasteiger partial charge in [-0.15, -0.1) is 0 Å². The molecule has 0 spiro atoms. The number of nitrogens with zero attached hydrogens (tertiary/aromatic N) is 2. The largest absolute Gasteiger partial charge is 0.396 e. The summed E-state index contributed by atoms with van der Waals surface area (Å²) in [4.78, 5) is 4.24. The van der Waals surface area contributed by atoms with Crippen molar-refractivity contribution in [2.45, 2.75) is 32.1 Å². The lowest BCUT2D eigenvalue weighted by molar-refractivity contribution is 0.278. The van der Waals surface area contributed by atoms with Crippen molar-refractivity contribution in [3.05, 3.63) is 11.7 Å². The predicted octanol–water partition coefficient (Wildman–Crippen LogP) is 0.947. The monoisotopic (exact) mass is 182 g/mol. The van der Waals surface area contributed by atoms with Crippen molar-refractivity contribution in [1.29, 1.82) is 0 Å². The molecule has 0 atom stereocenters. The van der Waals surface area contributed by atoms with Gasteiger partial charge in [-0.1, -0.05) is 5.16 Å². The van der Waals surface area contributed by atoms with Gasteiger partial charge in [0.1, 0.15) is 0 Å². The fourth-order valence-electron chi connectivity index (χ4n) is 1.29. The lowest BCUT2D eigenvalue weighted by atomic mass is 10.3. The normalized spacial score (nSPS) is 16.4. The van der Waals surface area contributed by atoms with Crippen LogP contribution in [0.2, 0.25) is 0 Å². The highest BCUT2D eigenvalue weighted by Crippen LogP contribution is 2.31. The van der Waals surface area contributed by atoms with Gasteiger partial charge < -0.3 is 9.63 Å². The first-order valence-electron chi connectivity index (χ1n) is 4.81. The molecule has 1 saturated carbocycles. The molecular formula is C9H14N2O2. The van der Waals surface area contributed by atoms with Crippen molar-refractivity contribution in [1.82, 2.24) is 10.1 Å². The lowest BCUT2D eigenvalue weighted by Gasteiger charge is -1.88. The molecule has 0 radical (unpaired) electrons. The number of aromatic nitrogens is 2. The molecular weight excluding hydrogens is 168 g/mol. The first-order chi connectivity index (χ1) is 6.38. The minimum atomic E-state index is 0.181. The van der Waals surface area contributed by atoms with Crippen LogP contribution in [0.25, 0.3) is 0 Å². The van der Waals surface area contributed by atoms with Gasteiger partial charge in [0.2, 0.25) is 5.89 Å². The first kappa shape index (κ1) is 8.69. The number of aliphatic hydroxyl groups excluding tert-OH is 1. The maximum atomic E-state index is 8.60. The van der Waals surface area contributed by atoms with Crippen molar-refractivity contribution < 1.29 is 9.63 Å². The highest BCUT2D eigenvalue weighted by atomic mass is 16.5. The summed E-state index contributed by atoms with van der Waals surface area (Å²) in [7, 11) is 0. The fraction of sp³-hybridized carbons (Fsp3) is 0.778. The quantitative estimate of drug-likeness (QED) is 0.736. The molecule has 1 aromatic heterocycles. The third-order valence-electron chi connectivity index (χ3n) is 2.23. The SMILES string of the molecule is OCCCc1nc(CC2CC2)no1. The summed E-state index contributed by atoms with van der Waals surface area (Å²) in [6, 6.07) is 0. The van der Waals surface area contributed by atoms with Crippen LogP contribution >= 0.6 is 0 Å². The van der Waals surface area contributed by atoms with Crippen molar-refractivity contribution in [3.63, 3.8) is 0 Å². The van der Waals surface area contributed by atoms with Gasteiger partial charge in [-0.2, -0.15) is 4.98 Å². The Morgan fingerprint density at radius 2 is 2.31 bits per heavy atom. The van der Waals surface area contributed by atoms with E-state index in [1.165, 1.54) is 12.8 Å². The lowest BCUT2D eigenvalue weighted by Crippen LogP contribution is -1.92. The molecule has 0 aliphatic heterocycles. The second-order valence-corrected chi connectivity index (χ2v) is 3.58. The van der Waals surface area contributed by atoms with Crippen LogP contribution in [0.5, 0.6) is 0 Å². The maximum Gasteiger partial charge on any atom is 0.226 e. The van der Waals surface area contributed by atoms with E-state index in [0.29, 0.717) is 18.7 Å². The summed E-state index contributed by atoms with van der Waals surface area (Å²) < 4.78 is 5.02. The van der Waals surface area contributed by atoms with Gasteiger partial charge in [0, 0.05) is 19.4 Å². The van der Waals surface area contributed by atoms with E-state index >= 15 is 0 Å². The average Bonchev–Trinajstić information content (AvgIpc) is 2.81. The van der Waals surface area contributed by atoms with Gasteiger partial charge in [-0.25, -0.2) is 0 Å². The zero-order valence-electron chi connectivity index (χ0n) is 7.57. The van der Waals surface area contributed by atoms with Crippen LogP contribution in [0, 0.1) is 5.92 Å². The molecule has 13 heavy (non-hydrogen) atoms. The van der Waals surface area contributed by atoms with Gasteiger partial charge >= 0.3 is 0 Å². The van der Waals surface area contributed by atoms with E-state index in [2.05, 4.69) is 10.1 Å². The molecule has 72 valence electrons. The Balaban J connectivity index is 1.84. The van der Waals surface area contributed by atoms with E-state index in [-0.39, 0.29) is 6.61 Å². The molecule has 0 bridgehead atoms. The topological polar surface area (TPSA) is 59.2 Å². The molecule has 1 fully saturated rings. The Hall–Kier alpha value is -0.900. The minimum Gasteiger partial charge on any atom is -0.396 e. The third-order valence-corrected chi connectivity index (χ3v) is 2.23. The van der Waals surface area contributed by atoms with Crippen LogP contribution < -0.4 is 0 Å². The van der Waals surface area contributed by atoms with Crippen LogP contribution in [-0.2, 0) is 12.8 Å². The zero-order chi connectivity index (χ0) is 9.10. The van der Waals surface area contributed by atoms with E-state index in [0.717, 1.165) is 18.2 Å². The first-order valence-corrected chi connectivity index (χ1v) is 4.81. The van der Waals surface area contributed by atoms with Gasteiger partial charge in [-0.3, -0.25) is 0 Å². The van der Waals surface area contributed by atoms with E-state index in [1.54, 1.807) is 0 Å². The molecule has 4 nitrogen and oxygen atoms in total. The summed E-state index contributed by atoms with van der Waals surface area (Å²) in [6.07, 6.45) is 4.96. The zero-order valence-corrected chi connectivity index (χ0v) is 7.57. The van der Waals surface area contributed by atoms with Crippen LogP contribution in [0.4, 0.5) is 0 Å². The summed E-state index contributed by atoms with van der Waals surface area (Å²) in [5.41, 5.74) is 0. The van der Waals surface area contributed by atoms with Gasteiger partial charge in [-0.05, 0) is 25.2 Å². The number of hydrogen-bond donors (Lipinski definition) is 1. The maximum absolute atomic E-state index is 8.60. The van der Waals surface area contributed by atoms with E-state index < -0.39 is 0 Å². The Bertz CT molecular complexity index is 268. The summed E-state index contributed by atoms with van der Waals surface area (Å²) >= 11 is 0. The highest BCUT2D eigenvalue weighted by Gasteiger charge is 2.23. The molecule has 1 heterocycles. The second kappa shape index (κ2) is 3.87. The molecule has 4 heteroatoms. The molecule has 0 unspecified atom stereocenters. The predicted molar refractivity (Wildman–Crippen MR) is 46.1 cm³/mol. The highest BCUT2D eigenvalue weighted by molar-refractivity contribution is 4.91. The van der Waals surface area contributed by atoms with Crippen molar-refractivity contribution in [2.75, 3.05) is 6.61 Å². The molecule has 0 aromatic carbocycles. The Morgan fingerprint density at radius 3 is 3.00 bits per heavy atom. The van der Waals surface area contributed by atoms with E-state index in [4.69, 9.17) is 9.63 Å². The number of aliphatic hydroxyl groups is 1.